The molecule has 1 saturated heterocycles. The van der Waals surface area contributed by atoms with E-state index in [1.54, 1.807) is 4.90 Å². The summed E-state index contributed by atoms with van der Waals surface area (Å²) in [7, 11) is 1.33. The predicted molar refractivity (Wildman–Crippen MR) is 105 cm³/mol. The van der Waals surface area contributed by atoms with E-state index in [-0.39, 0.29) is 17.9 Å². The number of esters is 1. The summed E-state index contributed by atoms with van der Waals surface area (Å²) < 4.78 is 10.7. The van der Waals surface area contributed by atoms with Gasteiger partial charge in [0.1, 0.15) is 24.4 Å². The number of nitrogens with zero attached hydrogens (tertiary/aromatic N) is 1. The summed E-state index contributed by atoms with van der Waals surface area (Å²) >= 11 is 0. The normalized spacial score (nSPS) is 19.9. The second-order valence-electron chi connectivity index (χ2n) is 7.27. The molecule has 3 unspecified atom stereocenters. The van der Waals surface area contributed by atoms with Crippen molar-refractivity contribution in [2.75, 3.05) is 7.11 Å². The number of rotatable bonds is 7. The molecule has 0 aliphatic carbocycles. The molecule has 0 spiro atoms. The van der Waals surface area contributed by atoms with Gasteiger partial charge in [0.25, 0.3) is 0 Å². The van der Waals surface area contributed by atoms with Crippen LogP contribution in [0.4, 0.5) is 0 Å². The molecular formula is C22H26N2O4. The highest BCUT2D eigenvalue weighted by Crippen LogP contribution is 2.38. The van der Waals surface area contributed by atoms with Gasteiger partial charge >= 0.3 is 5.97 Å². The molecule has 6 nitrogen and oxygen atoms in total. The number of carbonyl (C=O) groups excluding carboxylic acids is 2. The SMILES string of the molecule is COC(=O)C(C(C)C)N1C(=O)C(N)C1c1ccc(OCc2ccccc2)cc1. The Morgan fingerprint density at radius 1 is 1.11 bits per heavy atom. The van der Waals surface area contributed by atoms with Gasteiger partial charge in [0.05, 0.1) is 13.2 Å². The Morgan fingerprint density at radius 2 is 1.75 bits per heavy atom. The zero-order valence-electron chi connectivity index (χ0n) is 16.4. The zero-order chi connectivity index (χ0) is 20.3. The van der Waals surface area contributed by atoms with Crippen LogP contribution in [0.25, 0.3) is 0 Å². The Hall–Kier alpha value is -2.86. The minimum atomic E-state index is -0.665. The topological polar surface area (TPSA) is 81.9 Å². The average Bonchev–Trinajstić information content (AvgIpc) is 2.72. The molecule has 28 heavy (non-hydrogen) atoms. The lowest BCUT2D eigenvalue weighted by Crippen LogP contribution is -2.68. The first-order valence-corrected chi connectivity index (χ1v) is 9.36. The van der Waals surface area contributed by atoms with E-state index < -0.39 is 18.1 Å². The quantitative estimate of drug-likeness (QED) is 0.588. The number of ether oxygens (including phenoxy) is 2. The standard InChI is InChI=1S/C22H26N2O4/c1-14(2)19(22(26)27-3)24-20(18(23)21(24)25)16-9-11-17(12-10-16)28-13-15-7-5-4-6-8-15/h4-12,14,18-20H,13,23H2,1-3H3. The fourth-order valence-corrected chi connectivity index (χ4v) is 3.54. The fourth-order valence-electron chi connectivity index (χ4n) is 3.54. The number of hydrogen-bond acceptors (Lipinski definition) is 5. The van der Waals surface area contributed by atoms with E-state index in [4.69, 9.17) is 15.2 Å². The van der Waals surface area contributed by atoms with Crippen LogP contribution < -0.4 is 10.5 Å². The number of nitrogens with two attached hydrogens (primary N) is 1. The molecule has 1 amide bonds. The second-order valence-corrected chi connectivity index (χ2v) is 7.27. The number of amides is 1. The number of hydrogen-bond donors (Lipinski definition) is 1. The predicted octanol–water partition coefficient (Wildman–Crippen LogP) is 2.67. The Labute approximate surface area is 165 Å². The van der Waals surface area contributed by atoms with Gasteiger partial charge in [-0.15, -0.1) is 0 Å². The highest BCUT2D eigenvalue weighted by Gasteiger charge is 2.52. The van der Waals surface area contributed by atoms with Crippen molar-refractivity contribution < 1.29 is 19.1 Å². The maximum atomic E-state index is 12.4. The first-order valence-electron chi connectivity index (χ1n) is 9.36. The van der Waals surface area contributed by atoms with Crippen LogP contribution in [-0.4, -0.2) is 36.0 Å². The molecule has 2 N–H and O–H groups in total. The Bertz CT molecular complexity index is 820. The van der Waals surface area contributed by atoms with Crippen molar-refractivity contribution in [3.05, 3.63) is 65.7 Å². The number of methoxy groups -OCH3 is 1. The van der Waals surface area contributed by atoms with Gasteiger partial charge in [-0.1, -0.05) is 56.3 Å². The van der Waals surface area contributed by atoms with Gasteiger partial charge in [0.2, 0.25) is 5.91 Å². The lowest BCUT2D eigenvalue weighted by molar-refractivity contribution is -0.168. The molecule has 0 aromatic heterocycles. The molecule has 2 aromatic carbocycles. The van der Waals surface area contributed by atoms with E-state index >= 15 is 0 Å². The molecule has 6 heteroatoms. The maximum absolute atomic E-state index is 12.4. The summed E-state index contributed by atoms with van der Waals surface area (Å²) in [5.41, 5.74) is 8.02. The molecule has 148 valence electrons. The average molecular weight is 382 g/mol. The monoisotopic (exact) mass is 382 g/mol. The number of benzene rings is 2. The molecule has 1 aliphatic rings. The number of carbonyl (C=O) groups is 2. The summed E-state index contributed by atoms with van der Waals surface area (Å²) in [6.45, 7) is 4.25. The van der Waals surface area contributed by atoms with Crippen LogP contribution in [0.2, 0.25) is 0 Å². The van der Waals surface area contributed by atoms with Crippen molar-refractivity contribution in [2.45, 2.75) is 38.6 Å². The molecule has 1 aliphatic heterocycles. The van der Waals surface area contributed by atoms with Gasteiger partial charge in [0.15, 0.2) is 0 Å². The molecule has 0 saturated carbocycles. The van der Waals surface area contributed by atoms with E-state index in [0.29, 0.717) is 6.61 Å². The van der Waals surface area contributed by atoms with Gasteiger partial charge in [-0.05, 0) is 29.2 Å². The minimum absolute atomic E-state index is 0.0834. The summed E-state index contributed by atoms with van der Waals surface area (Å²) in [5, 5.41) is 0. The van der Waals surface area contributed by atoms with Gasteiger partial charge in [0, 0.05) is 0 Å². The molecule has 0 bridgehead atoms. The lowest BCUT2D eigenvalue weighted by Gasteiger charge is -2.49. The third kappa shape index (κ3) is 3.87. The first kappa shape index (κ1) is 19.9. The Kier molecular flexibility index (Phi) is 5.99. The second kappa shape index (κ2) is 8.44. The van der Waals surface area contributed by atoms with E-state index in [1.807, 2.05) is 68.4 Å². The molecule has 3 rings (SSSR count). The Morgan fingerprint density at radius 3 is 2.32 bits per heavy atom. The van der Waals surface area contributed by atoms with E-state index in [9.17, 15) is 9.59 Å². The van der Waals surface area contributed by atoms with Gasteiger partial charge in [-0.3, -0.25) is 4.79 Å². The zero-order valence-corrected chi connectivity index (χ0v) is 16.4. The summed E-state index contributed by atoms with van der Waals surface area (Å²) in [5.74, 6) is -0.0202. The van der Waals surface area contributed by atoms with Crippen LogP contribution in [0.15, 0.2) is 54.6 Å². The highest BCUT2D eigenvalue weighted by molar-refractivity contribution is 5.94. The van der Waals surface area contributed by atoms with Crippen molar-refractivity contribution in [2.24, 2.45) is 11.7 Å². The molecule has 0 radical (unpaired) electrons. The molecule has 1 heterocycles. The van der Waals surface area contributed by atoms with E-state index in [0.717, 1.165) is 16.9 Å². The van der Waals surface area contributed by atoms with Crippen LogP contribution >= 0.6 is 0 Å². The Balaban J connectivity index is 1.74. The van der Waals surface area contributed by atoms with Crippen LogP contribution in [0.3, 0.4) is 0 Å². The molecule has 3 atom stereocenters. The smallest absolute Gasteiger partial charge is 0.328 e. The van der Waals surface area contributed by atoms with Gasteiger partial charge < -0.3 is 20.1 Å². The van der Waals surface area contributed by atoms with Crippen molar-refractivity contribution in [1.29, 1.82) is 0 Å². The van der Waals surface area contributed by atoms with Crippen molar-refractivity contribution in [1.82, 2.24) is 4.90 Å². The molecule has 2 aromatic rings. The number of β-lactam (4-membered cyclic amide) rings is 1. The van der Waals surface area contributed by atoms with Gasteiger partial charge in [-0.25, -0.2) is 4.79 Å². The highest BCUT2D eigenvalue weighted by atomic mass is 16.5. The maximum Gasteiger partial charge on any atom is 0.328 e. The molecule has 1 fully saturated rings. The summed E-state index contributed by atoms with van der Waals surface area (Å²) in [4.78, 5) is 26.2. The summed E-state index contributed by atoms with van der Waals surface area (Å²) in [6, 6.07) is 15.7. The third-order valence-corrected chi connectivity index (χ3v) is 5.02. The van der Waals surface area contributed by atoms with Crippen LogP contribution in [0.5, 0.6) is 5.75 Å². The third-order valence-electron chi connectivity index (χ3n) is 5.02. The first-order chi connectivity index (χ1) is 13.4. The van der Waals surface area contributed by atoms with Crippen molar-refractivity contribution in [3.63, 3.8) is 0 Å². The summed E-state index contributed by atoms with van der Waals surface area (Å²) in [6.07, 6.45) is 0. The van der Waals surface area contributed by atoms with E-state index in [2.05, 4.69) is 0 Å². The minimum Gasteiger partial charge on any atom is -0.489 e. The molecular weight excluding hydrogens is 356 g/mol. The van der Waals surface area contributed by atoms with Crippen LogP contribution in [-0.2, 0) is 20.9 Å². The lowest BCUT2D eigenvalue weighted by atomic mass is 9.85. The van der Waals surface area contributed by atoms with Crippen LogP contribution in [0, 0.1) is 5.92 Å². The van der Waals surface area contributed by atoms with E-state index in [1.165, 1.54) is 7.11 Å². The van der Waals surface area contributed by atoms with Crippen molar-refractivity contribution >= 4 is 11.9 Å². The largest absolute Gasteiger partial charge is 0.489 e. The number of likely N-dealkylation sites (tertiary alicyclic amines) is 1. The van der Waals surface area contributed by atoms with Crippen molar-refractivity contribution in [3.8, 4) is 5.75 Å². The van der Waals surface area contributed by atoms with Gasteiger partial charge in [-0.2, -0.15) is 0 Å². The fraction of sp³-hybridized carbons (Fsp3) is 0.364. The van der Waals surface area contributed by atoms with Crippen LogP contribution in [0.1, 0.15) is 31.0 Å².